The summed E-state index contributed by atoms with van der Waals surface area (Å²) in [7, 11) is 2.25. The van der Waals surface area contributed by atoms with Crippen molar-refractivity contribution in [3.63, 3.8) is 0 Å². The van der Waals surface area contributed by atoms with Crippen LogP contribution in [0.2, 0.25) is 0 Å². The first kappa shape index (κ1) is 16.9. The topological polar surface area (TPSA) is 24.5 Å². The molecule has 0 amide bonds. The summed E-state index contributed by atoms with van der Waals surface area (Å²) < 4.78 is 5.57. The quantitative estimate of drug-likeness (QED) is 0.734. The molecule has 0 aliphatic carbocycles. The van der Waals surface area contributed by atoms with Gasteiger partial charge in [-0.3, -0.25) is 0 Å². The minimum atomic E-state index is 0.333. The van der Waals surface area contributed by atoms with Gasteiger partial charge in [0, 0.05) is 26.2 Å². The van der Waals surface area contributed by atoms with Crippen LogP contribution in [0.25, 0.3) is 0 Å². The molecule has 1 saturated heterocycles. The first-order valence-corrected chi connectivity index (χ1v) is 7.86. The third-order valence-electron chi connectivity index (χ3n) is 3.68. The molecule has 0 aromatic rings. The van der Waals surface area contributed by atoms with Crippen LogP contribution >= 0.6 is 0 Å². The van der Waals surface area contributed by atoms with Gasteiger partial charge < -0.3 is 15.0 Å². The van der Waals surface area contributed by atoms with Crippen LogP contribution in [0.5, 0.6) is 0 Å². The summed E-state index contributed by atoms with van der Waals surface area (Å²) in [5, 5.41) is 3.58. The molecule has 1 unspecified atom stereocenters. The summed E-state index contributed by atoms with van der Waals surface area (Å²) in [6.45, 7) is 15.7. The molecule has 0 aromatic heterocycles. The molecule has 1 rings (SSSR count). The Balaban J connectivity index is 2.22. The van der Waals surface area contributed by atoms with Crippen LogP contribution in [-0.4, -0.2) is 51.3 Å². The van der Waals surface area contributed by atoms with Crippen molar-refractivity contribution in [3.8, 4) is 0 Å². The maximum absolute atomic E-state index is 5.57. The van der Waals surface area contributed by atoms with Gasteiger partial charge in [0.2, 0.25) is 0 Å². The van der Waals surface area contributed by atoms with E-state index < -0.39 is 0 Å². The summed E-state index contributed by atoms with van der Waals surface area (Å²) in [4.78, 5) is 2.48. The largest absolute Gasteiger partial charge is 0.381 e. The van der Waals surface area contributed by atoms with Crippen molar-refractivity contribution in [2.45, 2.75) is 40.5 Å². The molecule has 1 heterocycles. The van der Waals surface area contributed by atoms with Gasteiger partial charge in [0.25, 0.3) is 0 Å². The van der Waals surface area contributed by atoms with Crippen LogP contribution in [0.1, 0.15) is 40.5 Å². The van der Waals surface area contributed by atoms with Gasteiger partial charge in [-0.1, -0.05) is 27.7 Å². The molecule has 3 nitrogen and oxygen atoms in total. The molecular weight excluding hydrogens is 236 g/mol. The fraction of sp³-hybridized carbons (Fsp3) is 1.00. The Morgan fingerprint density at radius 2 is 2.11 bits per heavy atom. The van der Waals surface area contributed by atoms with E-state index in [0.29, 0.717) is 5.41 Å². The van der Waals surface area contributed by atoms with E-state index in [1.807, 2.05) is 0 Å². The minimum absolute atomic E-state index is 0.333. The van der Waals surface area contributed by atoms with E-state index in [0.717, 1.165) is 44.7 Å². The van der Waals surface area contributed by atoms with Gasteiger partial charge in [-0.2, -0.15) is 0 Å². The van der Waals surface area contributed by atoms with Gasteiger partial charge in [0.05, 0.1) is 6.61 Å². The summed E-state index contributed by atoms with van der Waals surface area (Å²) in [5.74, 6) is 1.46. The Morgan fingerprint density at radius 1 is 1.37 bits per heavy atom. The zero-order chi connectivity index (χ0) is 14.3. The Hall–Kier alpha value is -0.120. The van der Waals surface area contributed by atoms with Crippen LogP contribution in [0.15, 0.2) is 0 Å². The second-order valence-electron chi connectivity index (χ2n) is 7.47. The second-order valence-corrected chi connectivity index (χ2v) is 7.47. The fourth-order valence-corrected chi connectivity index (χ4v) is 2.94. The van der Waals surface area contributed by atoms with Crippen molar-refractivity contribution >= 4 is 0 Å². The smallest absolute Gasteiger partial charge is 0.0506 e. The third-order valence-corrected chi connectivity index (χ3v) is 3.68. The zero-order valence-electron chi connectivity index (χ0n) is 13.7. The Bertz CT molecular complexity index is 235. The number of hydrogen-bond acceptors (Lipinski definition) is 3. The first-order valence-electron chi connectivity index (χ1n) is 7.86. The number of hydrogen-bond donors (Lipinski definition) is 1. The average molecular weight is 270 g/mol. The van der Waals surface area contributed by atoms with Gasteiger partial charge >= 0.3 is 0 Å². The highest BCUT2D eigenvalue weighted by Gasteiger charge is 2.22. The first-order chi connectivity index (χ1) is 8.89. The molecule has 1 fully saturated rings. The number of ether oxygens (including phenoxy) is 1. The Morgan fingerprint density at radius 3 is 2.68 bits per heavy atom. The molecule has 0 radical (unpaired) electrons. The lowest BCUT2D eigenvalue weighted by Gasteiger charge is -2.33. The van der Waals surface area contributed by atoms with E-state index in [1.165, 1.54) is 19.4 Å². The van der Waals surface area contributed by atoms with Gasteiger partial charge in [-0.15, -0.1) is 0 Å². The molecule has 1 aliphatic heterocycles. The van der Waals surface area contributed by atoms with Gasteiger partial charge in [-0.05, 0) is 43.7 Å². The average Bonchev–Trinajstić information content (AvgIpc) is 2.28. The third kappa shape index (κ3) is 7.91. The summed E-state index contributed by atoms with van der Waals surface area (Å²) in [6.07, 6.45) is 2.56. The molecule has 0 aromatic carbocycles. The fourth-order valence-electron chi connectivity index (χ4n) is 2.94. The summed E-state index contributed by atoms with van der Waals surface area (Å²) in [5.41, 5.74) is 0.333. The van der Waals surface area contributed by atoms with Gasteiger partial charge in [-0.25, -0.2) is 0 Å². The molecule has 0 bridgehead atoms. The van der Waals surface area contributed by atoms with Crippen LogP contribution in [0, 0.1) is 17.3 Å². The van der Waals surface area contributed by atoms with Crippen LogP contribution in [0.3, 0.4) is 0 Å². The van der Waals surface area contributed by atoms with E-state index >= 15 is 0 Å². The molecular formula is C16H34N2O. The van der Waals surface area contributed by atoms with Crippen molar-refractivity contribution < 1.29 is 4.74 Å². The lowest BCUT2D eigenvalue weighted by Crippen LogP contribution is -2.42. The van der Waals surface area contributed by atoms with E-state index in [-0.39, 0.29) is 0 Å². The highest BCUT2D eigenvalue weighted by molar-refractivity contribution is 4.77. The molecule has 3 heteroatoms. The standard InChI is InChI=1S/C16H34N2O/c1-14(2)9-17-12-16(3,4)13-18(5)10-15-7-6-8-19-11-15/h14-15,17H,6-13H2,1-5H3. The van der Waals surface area contributed by atoms with Gasteiger partial charge in [0.15, 0.2) is 0 Å². The van der Waals surface area contributed by atoms with Crippen molar-refractivity contribution in [2.24, 2.45) is 17.3 Å². The lowest BCUT2D eigenvalue weighted by molar-refractivity contribution is 0.0373. The van der Waals surface area contributed by atoms with Crippen molar-refractivity contribution in [1.29, 1.82) is 0 Å². The monoisotopic (exact) mass is 270 g/mol. The minimum Gasteiger partial charge on any atom is -0.381 e. The van der Waals surface area contributed by atoms with Crippen molar-refractivity contribution in [3.05, 3.63) is 0 Å². The maximum atomic E-state index is 5.57. The predicted octanol–water partition coefficient (Wildman–Crippen LogP) is 2.62. The highest BCUT2D eigenvalue weighted by atomic mass is 16.5. The summed E-state index contributed by atoms with van der Waals surface area (Å²) >= 11 is 0. The second kappa shape index (κ2) is 8.23. The van der Waals surface area contributed by atoms with Crippen LogP contribution < -0.4 is 5.32 Å². The van der Waals surface area contributed by atoms with E-state index in [4.69, 9.17) is 4.74 Å². The number of nitrogens with one attached hydrogen (secondary N) is 1. The Kier molecular flexibility index (Phi) is 7.33. The zero-order valence-corrected chi connectivity index (χ0v) is 13.7. The summed E-state index contributed by atoms with van der Waals surface area (Å²) in [6, 6.07) is 0. The van der Waals surface area contributed by atoms with Crippen LogP contribution in [-0.2, 0) is 4.74 Å². The Labute approximate surface area is 120 Å². The molecule has 19 heavy (non-hydrogen) atoms. The highest BCUT2D eigenvalue weighted by Crippen LogP contribution is 2.19. The number of nitrogens with zero attached hydrogens (tertiary/aromatic N) is 1. The number of rotatable bonds is 8. The van der Waals surface area contributed by atoms with Crippen molar-refractivity contribution in [1.82, 2.24) is 10.2 Å². The molecule has 1 N–H and O–H groups in total. The molecule has 1 aliphatic rings. The predicted molar refractivity (Wildman–Crippen MR) is 82.5 cm³/mol. The SMILES string of the molecule is CC(C)CNCC(C)(C)CN(C)CC1CCCOC1. The molecule has 114 valence electrons. The normalized spacial score (nSPS) is 21.3. The molecule has 0 spiro atoms. The van der Waals surface area contributed by atoms with E-state index in [9.17, 15) is 0 Å². The lowest BCUT2D eigenvalue weighted by atomic mass is 9.91. The van der Waals surface area contributed by atoms with E-state index in [1.54, 1.807) is 0 Å². The van der Waals surface area contributed by atoms with Crippen LogP contribution in [0.4, 0.5) is 0 Å². The van der Waals surface area contributed by atoms with Gasteiger partial charge in [0.1, 0.15) is 0 Å². The molecule has 1 atom stereocenters. The van der Waals surface area contributed by atoms with Crippen molar-refractivity contribution in [2.75, 3.05) is 46.4 Å². The van der Waals surface area contributed by atoms with E-state index in [2.05, 4.69) is 45.0 Å². The maximum Gasteiger partial charge on any atom is 0.0506 e. The molecule has 0 saturated carbocycles.